The fraction of sp³-hybridized carbons (Fsp3) is 0.208. The number of alkyl halides is 3. The fourth-order valence-electron chi connectivity index (χ4n) is 3.28. The van der Waals surface area contributed by atoms with E-state index >= 15 is 0 Å². The number of benzene rings is 2. The molecule has 0 saturated heterocycles. The molecule has 178 valence electrons. The molecule has 35 heavy (non-hydrogen) atoms. The van der Waals surface area contributed by atoms with Crippen LogP contribution in [0.15, 0.2) is 61.2 Å². The number of halogens is 3. The molecule has 0 unspecified atom stereocenters. The third-order valence-electron chi connectivity index (χ3n) is 5.39. The molecule has 0 aliphatic heterocycles. The summed E-state index contributed by atoms with van der Waals surface area (Å²) in [7, 11) is 0. The van der Waals surface area contributed by atoms with Gasteiger partial charge in [-0.2, -0.15) is 18.4 Å². The minimum Gasteiger partial charge on any atom is -0.456 e. The van der Waals surface area contributed by atoms with E-state index in [0.717, 1.165) is 23.8 Å². The van der Waals surface area contributed by atoms with E-state index in [0.29, 0.717) is 18.6 Å². The Morgan fingerprint density at radius 3 is 2.37 bits per heavy atom. The first-order valence-corrected chi connectivity index (χ1v) is 10.4. The van der Waals surface area contributed by atoms with Gasteiger partial charge >= 0.3 is 6.18 Å². The molecule has 3 aromatic rings. The first-order valence-electron chi connectivity index (χ1n) is 10.4. The number of hydrogen-bond acceptors (Lipinski definition) is 6. The van der Waals surface area contributed by atoms with Gasteiger partial charge < -0.3 is 15.4 Å². The number of carbonyl (C=O) groups is 2. The van der Waals surface area contributed by atoms with Gasteiger partial charge in [0.2, 0.25) is 5.91 Å². The molecular formula is C24H18F3N5O3. The van der Waals surface area contributed by atoms with Crippen LogP contribution in [0.4, 0.5) is 13.2 Å². The normalized spacial score (nSPS) is 13.9. The highest BCUT2D eigenvalue weighted by atomic mass is 19.4. The van der Waals surface area contributed by atoms with Gasteiger partial charge in [-0.3, -0.25) is 9.59 Å². The summed E-state index contributed by atoms with van der Waals surface area (Å²) in [5, 5.41) is 14.7. The Morgan fingerprint density at radius 2 is 1.77 bits per heavy atom. The molecule has 1 saturated carbocycles. The molecule has 1 aliphatic rings. The largest absolute Gasteiger partial charge is 0.456 e. The molecule has 1 heterocycles. The summed E-state index contributed by atoms with van der Waals surface area (Å²) in [6.07, 6.45) is 0.500. The number of aromatic nitrogens is 2. The van der Waals surface area contributed by atoms with Crippen molar-refractivity contribution in [2.75, 3.05) is 0 Å². The predicted molar refractivity (Wildman–Crippen MR) is 116 cm³/mol. The first kappa shape index (κ1) is 23.7. The van der Waals surface area contributed by atoms with E-state index in [4.69, 9.17) is 4.74 Å². The van der Waals surface area contributed by atoms with Crippen LogP contribution >= 0.6 is 0 Å². The van der Waals surface area contributed by atoms with Crippen LogP contribution in [-0.2, 0) is 17.5 Å². The number of hydrogen-bond donors (Lipinski definition) is 2. The Bertz CT molecular complexity index is 1280. The molecule has 2 amide bonds. The number of carbonyl (C=O) groups excluding carboxylic acids is 2. The second-order valence-electron chi connectivity index (χ2n) is 7.91. The van der Waals surface area contributed by atoms with Crippen molar-refractivity contribution in [2.45, 2.75) is 31.1 Å². The van der Waals surface area contributed by atoms with Crippen molar-refractivity contribution < 1.29 is 27.5 Å². The monoisotopic (exact) mass is 481 g/mol. The lowest BCUT2D eigenvalue weighted by atomic mass is 10.1. The number of nitrogens with one attached hydrogen (secondary N) is 2. The molecule has 0 spiro atoms. The average molecular weight is 481 g/mol. The van der Waals surface area contributed by atoms with Crippen molar-refractivity contribution in [1.82, 2.24) is 20.6 Å². The van der Waals surface area contributed by atoms with Gasteiger partial charge in [0, 0.05) is 18.9 Å². The summed E-state index contributed by atoms with van der Waals surface area (Å²) >= 11 is 0. The maximum Gasteiger partial charge on any atom is 0.416 e. The maximum absolute atomic E-state index is 12.8. The molecule has 1 fully saturated rings. The van der Waals surface area contributed by atoms with Crippen molar-refractivity contribution in [3.8, 4) is 17.6 Å². The second-order valence-corrected chi connectivity index (χ2v) is 7.91. The highest BCUT2D eigenvalue weighted by molar-refractivity contribution is 6.00. The Hall–Kier alpha value is -4.46. The van der Waals surface area contributed by atoms with Gasteiger partial charge in [-0.1, -0.05) is 12.1 Å². The Morgan fingerprint density at radius 1 is 1.09 bits per heavy atom. The summed E-state index contributed by atoms with van der Waals surface area (Å²) in [6.45, 7) is 0.189. The number of ether oxygens (including phenoxy) is 1. The summed E-state index contributed by atoms with van der Waals surface area (Å²) in [4.78, 5) is 32.6. The van der Waals surface area contributed by atoms with E-state index < -0.39 is 23.2 Å². The van der Waals surface area contributed by atoms with Crippen LogP contribution in [0.25, 0.3) is 0 Å². The molecule has 11 heteroatoms. The minimum atomic E-state index is -4.56. The lowest BCUT2D eigenvalue weighted by Gasteiger charge is -2.17. The summed E-state index contributed by atoms with van der Waals surface area (Å²) in [6, 6.07) is 10.9. The van der Waals surface area contributed by atoms with E-state index in [2.05, 4.69) is 20.6 Å². The molecule has 0 atom stereocenters. The molecule has 2 N–H and O–H groups in total. The van der Waals surface area contributed by atoms with Crippen LogP contribution < -0.4 is 15.4 Å². The molecule has 2 aromatic carbocycles. The number of rotatable bonds is 7. The molecule has 8 nitrogen and oxygen atoms in total. The molecule has 0 radical (unpaired) electrons. The zero-order chi connectivity index (χ0) is 25.1. The zero-order valence-corrected chi connectivity index (χ0v) is 18.1. The van der Waals surface area contributed by atoms with Crippen LogP contribution in [0.3, 0.4) is 0 Å². The highest BCUT2D eigenvalue weighted by Crippen LogP contribution is 2.36. The summed E-state index contributed by atoms with van der Waals surface area (Å²) in [5.41, 5.74) is -1.15. The van der Waals surface area contributed by atoms with Gasteiger partial charge in [0.05, 0.1) is 16.7 Å². The predicted octanol–water partition coefficient (Wildman–Crippen LogP) is 3.74. The molecular weight excluding hydrogens is 463 g/mol. The molecule has 0 bridgehead atoms. The minimum absolute atomic E-state index is 0.00298. The van der Waals surface area contributed by atoms with Crippen LogP contribution in [0, 0.1) is 11.3 Å². The van der Waals surface area contributed by atoms with Crippen LogP contribution in [0.2, 0.25) is 0 Å². The fourth-order valence-corrected chi connectivity index (χ4v) is 3.28. The van der Waals surface area contributed by atoms with E-state index in [-0.39, 0.29) is 29.3 Å². The smallest absolute Gasteiger partial charge is 0.416 e. The van der Waals surface area contributed by atoms with E-state index in [1.807, 2.05) is 0 Å². The van der Waals surface area contributed by atoms with Gasteiger partial charge in [-0.25, -0.2) is 9.97 Å². The van der Waals surface area contributed by atoms with Crippen LogP contribution in [0.1, 0.15) is 39.9 Å². The topological polar surface area (TPSA) is 117 Å². The van der Waals surface area contributed by atoms with Crippen molar-refractivity contribution in [3.63, 3.8) is 0 Å². The quantitative estimate of drug-likeness (QED) is 0.531. The Kier molecular flexibility index (Phi) is 6.38. The van der Waals surface area contributed by atoms with E-state index in [9.17, 15) is 28.0 Å². The van der Waals surface area contributed by atoms with Crippen molar-refractivity contribution in [3.05, 3.63) is 83.4 Å². The zero-order valence-electron chi connectivity index (χ0n) is 18.1. The Balaban J connectivity index is 1.34. The van der Waals surface area contributed by atoms with Gasteiger partial charge in [-0.15, -0.1) is 0 Å². The number of amides is 2. The first-order chi connectivity index (χ1) is 16.7. The lowest BCUT2D eigenvalue weighted by Crippen LogP contribution is -2.48. The lowest BCUT2D eigenvalue weighted by molar-refractivity contribution is -0.137. The van der Waals surface area contributed by atoms with Crippen LogP contribution in [0.5, 0.6) is 11.5 Å². The highest BCUT2D eigenvalue weighted by Gasteiger charge is 2.51. The van der Waals surface area contributed by atoms with Gasteiger partial charge in [0.1, 0.15) is 29.4 Å². The average Bonchev–Trinajstić information content (AvgIpc) is 3.64. The summed E-state index contributed by atoms with van der Waals surface area (Å²) < 4.78 is 44.1. The molecule has 1 aliphatic carbocycles. The van der Waals surface area contributed by atoms with Gasteiger partial charge in [0.15, 0.2) is 0 Å². The van der Waals surface area contributed by atoms with E-state index in [1.54, 1.807) is 30.3 Å². The Labute approximate surface area is 197 Å². The standard InChI is InChI=1S/C24H18F3N5O3/c25-24(26,27)18-3-6-20(16(9-18)10-28)35-19-4-1-15(2-5-19)11-31-22(34)23(7-8-23)32-21(33)17-12-29-14-30-13-17/h1-6,9,12-14H,7-8,11H2,(H,31,34)(H,32,33). The van der Waals surface area contributed by atoms with Gasteiger partial charge in [-0.05, 0) is 48.7 Å². The van der Waals surface area contributed by atoms with Crippen molar-refractivity contribution in [2.24, 2.45) is 0 Å². The maximum atomic E-state index is 12.8. The molecule has 1 aromatic heterocycles. The molecule has 4 rings (SSSR count). The summed E-state index contributed by atoms with van der Waals surface area (Å²) in [5.74, 6) is -0.435. The number of nitriles is 1. The van der Waals surface area contributed by atoms with E-state index in [1.165, 1.54) is 18.7 Å². The number of nitrogens with zero attached hydrogens (tertiary/aromatic N) is 3. The van der Waals surface area contributed by atoms with Crippen molar-refractivity contribution in [1.29, 1.82) is 5.26 Å². The van der Waals surface area contributed by atoms with Crippen molar-refractivity contribution >= 4 is 11.8 Å². The van der Waals surface area contributed by atoms with Crippen LogP contribution in [-0.4, -0.2) is 27.3 Å². The third-order valence-corrected chi connectivity index (χ3v) is 5.39. The third kappa shape index (κ3) is 5.55. The van der Waals surface area contributed by atoms with Gasteiger partial charge in [0.25, 0.3) is 5.91 Å². The SMILES string of the molecule is N#Cc1cc(C(F)(F)F)ccc1Oc1ccc(CNC(=O)C2(NC(=O)c3cncnc3)CC2)cc1. The second kappa shape index (κ2) is 9.42.